The summed E-state index contributed by atoms with van der Waals surface area (Å²) in [5, 5.41) is 0. The Morgan fingerprint density at radius 1 is 0.889 bits per heavy atom. The summed E-state index contributed by atoms with van der Waals surface area (Å²) in [5.74, 6) is -0.353. The zero-order valence-corrected chi connectivity index (χ0v) is 17.0. The number of benzene rings is 1. The van der Waals surface area contributed by atoms with Gasteiger partial charge in [-0.1, -0.05) is 76.8 Å². The summed E-state index contributed by atoms with van der Waals surface area (Å²) in [5.41, 5.74) is 3.92. The number of carbonyl (C=O) groups is 1. The smallest absolute Gasteiger partial charge is 0.357 e. The highest BCUT2D eigenvalue weighted by Gasteiger charge is 2.17. The van der Waals surface area contributed by atoms with Crippen molar-refractivity contribution in [3.05, 3.63) is 65.0 Å². The number of ether oxygens (including phenoxy) is 1. The molecule has 3 heteroatoms. The van der Waals surface area contributed by atoms with Gasteiger partial charge in [0.1, 0.15) is 11.8 Å². The third kappa shape index (κ3) is 6.82. The van der Waals surface area contributed by atoms with Crippen molar-refractivity contribution in [1.82, 2.24) is 4.98 Å². The van der Waals surface area contributed by atoms with Gasteiger partial charge < -0.3 is 4.74 Å². The number of aryl methyl sites for hydroxylation is 2. The number of esters is 1. The van der Waals surface area contributed by atoms with Crippen LogP contribution < -0.4 is 0 Å². The van der Waals surface area contributed by atoms with Gasteiger partial charge in [-0.15, -0.1) is 0 Å². The highest BCUT2D eigenvalue weighted by atomic mass is 16.5. The first-order valence-corrected chi connectivity index (χ1v) is 10.4. The van der Waals surface area contributed by atoms with E-state index in [0.29, 0.717) is 5.69 Å². The lowest BCUT2D eigenvalue weighted by atomic mass is 10.0. The van der Waals surface area contributed by atoms with Crippen LogP contribution in [0.25, 0.3) is 0 Å². The molecule has 1 aromatic carbocycles. The van der Waals surface area contributed by atoms with Gasteiger partial charge in [0.15, 0.2) is 0 Å². The maximum absolute atomic E-state index is 12.4. The molecule has 1 atom stereocenters. The first-order valence-electron chi connectivity index (χ1n) is 10.4. The van der Waals surface area contributed by atoms with Gasteiger partial charge in [0, 0.05) is 6.20 Å². The van der Waals surface area contributed by atoms with Crippen LogP contribution in [0, 0.1) is 0 Å². The fourth-order valence-electron chi connectivity index (χ4n) is 3.21. The summed E-state index contributed by atoms with van der Waals surface area (Å²) in [6.07, 6.45) is 10.5. The first kappa shape index (κ1) is 21.1. The fourth-order valence-corrected chi connectivity index (χ4v) is 3.21. The molecule has 0 saturated heterocycles. The molecule has 2 aromatic rings. The number of hydrogen-bond acceptors (Lipinski definition) is 3. The van der Waals surface area contributed by atoms with Crippen LogP contribution in [0.2, 0.25) is 0 Å². The largest absolute Gasteiger partial charge is 0.453 e. The lowest BCUT2D eigenvalue weighted by Gasteiger charge is -2.17. The van der Waals surface area contributed by atoms with Crippen LogP contribution >= 0.6 is 0 Å². The van der Waals surface area contributed by atoms with E-state index in [2.05, 4.69) is 43.1 Å². The summed E-state index contributed by atoms with van der Waals surface area (Å²) >= 11 is 0. The molecule has 146 valence electrons. The molecule has 3 nitrogen and oxygen atoms in total. The molecule has 0 spiro atoms. The van der Waals surface area contributed by atoms with Crippen molar-refractivity contribution < 1.29 is 9.53 Å². The molecule has 27 heavy (non-hydrogen) atoms. The lowest BCUT2D eigenvalue weighted by Crippen LogP contribution is -2.12. The maximum Gasteiger partial charge on any atom is 0.357 e. The van der Waals surface area contributed by atoms with Crippen molar-refractivity contribution in [3.63, 3.8) is 0 Å². The summed E-state index contributed by atoms with van der Waals surface area (Å²) < 4.78 is 5.72. The second kappa shape index (κ2) is 11.5. The normalized spacial score (nSPS) is 12.0. The van der Waals surface area contributed by atoms with Crippen molar-refractivity contribution in [2.24, 2.45) is 0 Å². The molecule has 1 unspecified atom stereocenters. The number of hydrogen-bond donors (Lipinski definition) is 0. The van der Waals surface area contributed by atoms with Gasteiger partial charge in [-0.2, -0.15) is 0 Å². The molecule has 0 fully saturated rings. The third-order valence-corrected chi connectivity index (χ3v) is 4.86. The van der Waals surface area contributed by atoms with Gasteiger partial charge in [0.05, 0.1) is 0 Å². The maximum atomic E-state index is 12.4. The zero-order valence-electron chi connectivity index (χ0n) is 17.0. The molecule has 0 bridgehead atoms. The summed E-state index contributed by atoms with van der Waals surface area (Å²) in [6.45, 7) is 6.40. The monoisotopic (exact) mass is 367 g/mol. The van der Waals surface area contributed by atoms with Gasteiger partial charge in [0.25, 0.3) is 0 Å². The van der Waals surface area contributed by atoms with E-state index in [4.69, 9.17) is 4.74 Å². The van der Waals surface area contributed by atoms with Crippen molar-refractivity contribution in [3.8, 4) is 0 Å². The Kier molecular flexibility index (Phi) is 9.03. The Balaban J connectivity index is 1.94. The topological polar surface area (TPSA) is 39.2 Å². The molecule has 0 amide bonds. The Hall–Kier alpha value is -2.16. The van der Waals surface area contributed by atoms with Crippen LogP contribution in [0.3, 0.4) is 0 Å². The Labute approximate surface area is 164 Å². The summed E-state index contributed by atoms with van der Waals surface area (Å²) in [7, 11) is 0. The number of aromatic nitrogens is 1. The van der Waals surface area contributed by atoms with E-state index in [1.807, 2.05) is 13.0 Å². The van der Waals surface area contributed by atoms with Crippen LogP contribution in [0.15, 0.2) is 42.6 Å². The van der Waals surface area contributed by atoms with E-state index in [9.17, 15) is 4.79 Å². The minimum Gasteiger partial charge on any atom is -0.453 e. The number of nitrogens with zero attached hydrogens (tertiary/aromatic N) is 1. The van der Waals surface area contributed by atoms with Crippen molar-refractivity contribution >= 4 is 5.97 Å². The van der Waals surface area contributed by atoms with E-state index in [-0.39, 0.29) is 12.1 Å². The van der Waals surface area contributed by atoms with Gasteiger partial charge >= 0.3 is 5.97 Å². The van der Waals surface area contributed by atoms with Gasteiger partial charge in [0.2, 0.25) is 0 Å². The van der Waals surface area contributed by atoms with E-state index >= 15 is 0 Å². The molecule has 0 aliphatic heterocycles. The molecule has 0 radical (unpaired) electrons. The minimum atomic E-state index is -0.353. The SMILES string of the molecule is CCCCCCc1ccc(C(CC)OC(=O)c2ccc(CCC)cn2)cc1. The lowest BCUT2D eigenvalue weighted by molar-refractivity contribution is 0.0281. The fraction of sp³-hybridized carbons (Fsp3) is 0.500. The summed E-state index contributed by atoms with van der Waals surface area (Å²) in [4.78, 5) is 16.7. The molecular weight excluding hydrogens is 334 g/mol. The van der Waals surface area contributed by atoms with Gasteiger partial charge in [-0.25, -0.2) is 9.78 Å². The van der Waals surface area contributed by atoms with Crippen LogP contribution in [-0.2, 0) is 17.6 Å². The van der Waals surface area contributed by atoms with Gasteiger partial charge in [-0.3, -0.25) is 0 Å². The second-order valence-corrected chi connectivity index (χ2v) is 7.16. The number of rotatable bonds is 11. The highest BCUT2D eigenvalue weighted by molar-refractivity contribution is 5.87. The molecule has 1 heterocycles. The van der Waals surface area contributed by atoms with Crippen LogP contribution in [0.4, 0.5) is 0 Å². The highest BCUT2D eigenvalue weighted by Crippen LogP contribution is 2.23. The molecule has 2 rings (SSSR count). The molecule has 0 aliphatic carbocycles. The van der Waals surface area contributed by atoms with E-state index in [0.717, 1.165) is 36.8 Å². The molecule has 1 aromatic heterocycles. The van der Waals surface area contributed by atoms with Crippen LogP contribution in [0.5, 0.6) is 0 Å². The molecule has 0 aliphatic rings. The Morgan fingerprint density at radius 2 is 1.63 bits per heavy atom. The summed E-state index contributed by atoms with van der Waals surface area (Å²) in [6, 6.07) is 12.2. The van der Waals surface area contributed by atoms with E-state index < -0.39 is 0 Å². The van der Waals surface area contributed by atoms with Gasteiger partial charge in [-0.05, 0) is 48.4 Å². The number of pyridine rings is 1. The van der Waals surface area contributed by atoms with Crippen molar-refractivity contribution in [2.75, 3.05) is 0 Å². The predicted molar refractivity (Wildman–Crippen MR) is 111 cm³/mol. The first-order chi connectivity index (χ1) is 13.2. The molecular formula is C24H33NO2. The number of carbonyl (C=O) groups excluding carboxylic acids is 1. The number of unbranched alkanes of at least 4 members (excludes halogenated alkanes) is 3. The minimum absolute atomic E-state index is 0.233. The zero-order chi connectivity index (χ0) is 19.5. The van der Waals surface area contributed by atoms with E-state index in [1.54, 1.807) is 12.3 Å². The van der Waals surface area contributed by atoms with Crippen molar-refractivity contribution in [2.45, 2.75) is 78.2 Å². The Bertz CT molecular complexity index is 677. The Morgan fingerprint density at radius 3 is 2.22 bits per heavy atom. The van der Waals surface area contributed by atoms with Crippen LogP contribution in [-0.4, -0.2) is 11.0 Å². The average molecular weight is 368 g/mol. The quantitative estimate of drug-likeness (QED) is 0.338. The molecule has 0 saturated carbocycles. The van der Waals surface area contributed by atoms with Crippen LogP contribution in [0.1, 0.15) is 92.6 Å². The standard InChI is InChI=1S/C24H33NO2/c1-4-7-8-9-11-19-12-15-21(16-13-19)23(6-3)27-24(26)22-17-14-20(10-5-2)18-25-22/h12-18,23H,4-11H2,1-3H3. The van der Waals surface area contributed by atoms with E-state index in [1.165, 1.54) is 31.2 Å². The van der Waals surface area contributed by atoms with Crippen molar-refractivity contribution in [1.29, 1.82) is 0 Å². The average Bonchev–Trinajstić information content (AvgIpc) is 2.70. The predicted octanol–water partition coefficient (Wildman–Crippen LogP) is 6.47. The molecule has 0 N–H and O–H groups in total. The second-order valence-electron chi connectivity index (χ2n) is 7.16. The third-order valence-electron chi connectivity index (χ3n) is 4.86.